The number of halogens is 5. The molecule has 0 saturated carbocycles. The number of nitrogens with one attached hydrogen (secondary N) is 2. The lowest BCUT2D eigenvalue weighted by molar-refractivity contribution is 0.0962. The summed E-state index contributed by atoms with van der Waals surface area (Å²) in [6.07, 6.45) is 0. The predicted octanol–water partition coefficient (Wildman–Crippen LogP) is 2.87. The van der Waals surface area contributed by atoms with E-state index in [0.717, 1.165) is 0 Å². The molecule has 0 spiro atoms. The van der Waals surface area contributed by atoms with E-state index >= 15 is 0 Å². The molecule has 0 bridgehead atoms. The molecular formula is C14H7F5N2O3. The Morgan fingerprint density at radius 3 is 2.12 bits per heavy atom. The maximum atomic E-state index is 13.5. The highest BCUT2D eigenvalue weighted by Crippen LogP contribution is 2.32. The molecule has 0 fully saturated rings. The summed E-state index contributed by atoms with van der Waals surface area (Å²) in [6.45, 7) is -0.0246. The van der Waals surface area contributed by atoms with Gasteiger partial charge in [0.25, 0.3) is 5.91 Å². The first-order valence-electron chi connectivity index (χ1n) is 6.37. The Kier molecular flexibility index (Phi) is 3.87. The number of benzene rings is 2. The summed E-state index contributed by atoms with van der Waals surface area (Å²) in [5.74, 6) is -11.0. The van der Waals surface area contributed by atoms with Crippen LogP contribution < -0.4 is 20.3 Å². The standard InChI is InChI=1S/C14H7F5N2O3/c15-8-9(16)11(18)13(12(19)10(8)17)20-21-14(22)5-1-2-6-7(3-5)24-4-23-6/h1-3,20H,4H2,(H,21,22). The van der Waals surface area contributed by atoms with Gasteiger partial charge in [-0.3, -0.25) is 15.6 Å². The molecule has 2 N–H and O–H groups in total. The lowest BCUT2D eigenvalue weighted by atomic mass is 10.2. The molecule has 2 aromatic carbocycles. The maximum absolute atomic E-state index is 13.5. The zero-order chi connectivity index (χ0) is 17.4. The average Bonchev–Trinajstić information content (AvgIpc) is 3.05. The summed E-state index contributed by atoms with van der Waals surface area (Å²) < 4.78 is 76.1. The number of hydrogen-bond donors (Lipinski definition) is 2. The molecule has 3 rings (SSSR count). The number of carbonyl (C=O) groups excluding carboxylic acids is 1. The van der Waals surface area contributed by atoms with Gasteiger partial charge in [-0.15, -0.1) is 0 Å². The molecule has 1 aliphatic heterocycles. The highest BCUT2D eigenvalue weighted by Gasteiger charge is 2.26. The maximum Gasteiger partial charge on any atom is 0.269 e. The fourth-order valence-electron chi connectivity index (χ4n) is 1.94. The fraction of sp³-hybridized carbons (Fsp3) is 0.0714. The van der Waals surface area contributed by atoms with Crippen LogP contribution in [0.2, 0.25) is 0 Å². The van der Waals surface area contributed by atoms with Crippen LogP contribution in [-0.2, 0) is 0 Å². The summed E-state index contributed by atoms with van der Waals surface area (Å²) in [6, 6.07) is 4.04. The van der Waals surface area contributed by atoms with Crippen LogP contribution in [0.5, 0.6) is 11.5 Å². The quantitative estimate of drug-likeness (QED) is 0.388. The summed E-state index contributed by atoms with van der Waals surface area (Å²) in [5, 5.41) is 0. The van der Waals surface area contributed by atoms with Crippen LogP contribution >= 0.6 is 0 Å². The number of carbonyl (C=O) groups is 1. The molecule has 24 heavy (non-hydrogen) atoms. The minimum Gasteiger partial charge on any atom is -0.454 e. The number of ether oxygens (including phenoxy) is 2. The molecule has 0 saturated heterocycles. The van der Waals surface area contributed by atoms with Crippen LogP contribution in [0.25, 0.3) is 0 Å². The van der Waals surface area contributed by atoms with E-state index in [1.807, 2.05) is 5.43 Å². The second-order valence-corrected chi connectivity index (χ2v) is 4.59. The molecule has 2 aromatic rings. The molecule has 0 atom stereocenters. The van der Waals surface area contributed by atoms with Gasteiger partial charge in [0.1, 0.15) is 5.69 Å². The van der Waals surface area contributed by atoms with Gasteiger partial charge in [0.2, 0.25) is 12.6 Å². The fourth-order valence-corrected chi connectivity index (χ4v) is 1.94. The molecule has 0 radical (unpaired) electrons. The van der Waals surface area contributed by atoms with Gasteiger partial charge in [0, 0.05) is 5.56 Å². The Morgan fingerprint density at radius 2 is 1.46 bits per heavy atom. The Morgan fingerprint density at radius 1 is 0.875 bits per heavy atom. The van der Waals surface area contributed by atoms with Crippen molar-refractivity contribution in [2.45, 2.75) is 0 Å². The van der Waals surface area contributed by atoms with Crippen molar-refractivity contribution in [3.05, 3.63) is 52.8 Å². The zero-order valence-electron chi connectivity index (χ0n) is 11.6. The van der Waals surface area contributed by atoms with Gasteiger partial charge in [-0.1, -0.05) is 0 Å². The smallest absolute Gasteiger partial charge is 0.269 e. The van der Waals surface area contributed by atoms with E-state index in [1.54, 1.807) is 5.43 Å². The molecule has 1 amide bonds. The van der Waals surface area contributed by atoms with Crippen molar-refractivity contribution < 1.29 is 36.2 Å². The molecule has 126 valence electrons. The van der Waals surface area contributed by atoms with Crippen molar-refractivity contribution in [3.63, 3.8) is 0 Å². The van der Waals surface area contributed by atoms with Gasteiger partial charge >= 0.3 is 0 Å². The number of amides is 1. The molecule has 0 unspecified atom stereocenters. The zero-order valence-corrected chi connectivity index (χ0v) is 11.6. The lowest BCUT2D eigenvalue weighted by Gasteiger charge is -2.12. The molecule has 0 aliphatic carbocycles. The molecule has 0 aromatic heterocycles. The van der Waals surface area contributed by atoms with Gasteiger partial charge in [-0.25, -0.2) is 22.0 Å². The Balaban J connectivity index is 1.80. The van der Waals surface area contributed by atoms with Gasteiger partial charge in [-0.05, 0) is 18.2 Å². The largest absolute Gasteiger partial charge is 0.454 e. The first-order valence-corrected chi connectivity index (χ1v) is 6.37. The second kappa shape index (κ2) is 5.87. The Labute approximate surface area is 130 Å². The number of fused-ring (bicyclic) bond motifs is 1. The highest BCUT2D eigenvalue weighted by atomic mass is 19.2. The van der Waals surface area contributed by atoms with Crippen molar-refractivity contribution in [3.8, 4) is 11.5 Å². The third kappa shape index (κ3) is 2.55. The molecule has 10 heteroatoms. The van der Waals surface area contributed by atoms with Crippen molar-refractivity contribution in [2.75, 3.05) is 12.2 Å². The summed E-state index contributed by atoms with van der Waals surface area (Å²) in [7, 11) is 0. The minimum absolute atomic E-state index is 0.00984. The van der Waals surface area contributed by atoms with E-state index in [0.29, 0.717) is 5.75 Å². The van der Waals surface area contributed by atoms with Crippen molar-refractivity contribution >= 4 is 11.6 Å². The molecule has 5 nitrogen and oxygen atoms in total. The Bertz CT molecular complexity index is 815. The third-order valence-corrected chi connectivity index (χ3v) is 3.15. The van der Waals surface area contributed by atoms with E-state index in [2.05, 4.69) is 0 Å². The number of hydrogen-bond acceptors (Lipinski definition) is 4. The first kappa shape index (κ1) is 15.8. The second-order valence-electron chi connectivity index (χ2n) is 4.59. The topological polar surface area (TPSA) is 59.6 Å². The van der Waals surface area contributed by atoms with E-state index in [-0.39, 0.29) is 18.1 Å². The monoisotopic (exact) mass is 346 g/mol. The van der Waals surface area contributed by atoms with Gasteiger partial charge in [0.05, 0.1) is 0 Å². The number of hydrazine groups is 1. The van der Waals surface area contributed by atoms with E-state index < -0.39 is 40.7 Å². The Hall–Kier alpha value is -3.04. The predicted molar refractivity (Wildman–Crippen MR) is 69.9 cm³/mol. The normalized spacial score (nSPS) is 12.2. The minimum atomic E-state index is -2.29. The van der Waals surface area contributed by atoms with Crippen LogP contribution in [0, 0.1) is 29.1 Å². The third-order valence-electron chi connectivity index (χ3n) is 3.15. The van der Waals surface area contributed by atoms with E-state index in [4.69, 9.17) is 9.47 Å². The van der Waals surface area contributed by atoms with Gasteiger partial charge in [-0.2, -0.15) is 0 Å². The summed E-state index contributed by atoms with van der Waals surface area (Å²) in [4.78, 5) is 11.9. The van der Waals surface area contributed by atoms with Crippen molar-refractivity contribution in [2.24, 2.45) is 0 Å². The van der Waals surface area contributed by atoms with E-state index in [1.165, 1.54) is 18.2 Å². The van der Waals surface area contributed by atoms with Crippen molar-refractivity contribution in [1.29, 1.82) is 0 Å². The SMILES string of the molecule is O=C(NNc1c(F)c(F)c(F)c(F)c1F)c1ccc2c(c1)OCO2. The van der Waals surface area contributed by atoms with Crippen LogP contribution in [-0.4, -0.2) is 12.7 Å². The molecule has 1 heterocycles. The average molecular weight is 346 g/mol. The van der Waals surface area contributed by atoms with Crippen LogP contribution in [0.4, 0.5) is 27.6 Å². The van der Waals surface area contributed by atoms with Gasteiger partial charge < -0.3 is 9.47 Å². The van der Waals surface area contributed by atoms with Gasteiger partial charge in [0.15, 0.2) is 34.8 Å². The van der Waals surface area contributed by atoms with Crippen LogP contribution in [0.15, 0.2) is 18.2 Å². The summed E-state index contributed by atoms with van der Waals surface area (Å²) in [5.41, 5.74) is 2.16. The summed E-state index contributed by atoms with van der Waals surface area (Å²) >= 11 is 0. The molecular weight excluding hydrogens is 339 g/mol. The van der Waals surface area contributed by atoms with Crippen LogP contribution in [0.1, 0.15) is 10.4 Å². The lowest BCUT2D eigenvalue weighted by Crippen LogP contribution is -2.31. The van der Waals surface area contributed by atoms with Crippen molar-refractivity contribution in [1.82, 2.24) is 5.43 Å². The first-order chi connectivity index (χ1) is 11.4. The van der Waals surface area contributed by atoms with E-state index in [9.17, 15) is 26.7 Å². The number of rotatable bonds is 3. The highest BCUT2D eigenvalue weighted by molar-refractivity contribution is 5.95. The number of anilines is 1. The van der Waals surface area contributed by atoms with Crippen LogP contribution in [0.3, 0.4) is 0 Å². The molecule has 1 aliphatic rings.